The Bertz CT molecular complexity index is 1280. The molecule has 1 unspecified atom stereocenters. The molecule has 29 heavy (non-hydrogen) atoms. The summed E-state index contributed by atoms with van der Waals surface area (Å²) in [6.45, 7) is 0. The molecule has 0 N–H and O–H groups in total. The number of benzene rings is 3. The molecule has 0 aliphatic carbocycles. The Morgan fingerprint density at radius 3 is 1.72 bits per heavy atom. The molecule has 0 fully saturated rings. The third-order valence-electron chi connectivity index (χ3n) is 5.16. The van der Waals surface area contributed by atoms with Gasteiger partial charge in [0.05, 0.1) is 5.69 Å². The topological polar surface area (TPSA) is 25.8 Å². The van der Waals surface area contributed by atoms with Crippen molar-refractivity contribution in [3.05, 3.63) is 104 Å². The van der Waals surface area contributed by atoms with Gasteiger partial charge in [-0.25, -0.2) is 0 Å². The van der Waals surface area contributed by atoms with E-state index in [0.29, 0.717) is 0 Å². The first-order valence-corrected chi connectivity index (χ1v) is 10.1. The zero-order chi connectivity index (χ0) is 19.6. The van der Waals surface area contributed by atoms with Gasteiger partial charge >= 0.3 is 0 Å². The summed E-state index contributed by atoms with van der Waals surface area (Å²) in [4.78, 5) is 8.70. The van der Waals surface area contributed by atoms with E-state index in [1.54, 1.807) is 12.4 Å². The molecule has 0 radical (unpaired) electrons. The zero-order valence-electron chi connectivity index (χ0n) is 15.8. The van der Waals surface area contributed by atoms with Crippen LogP contribution in [0.25, 0.3) is 44.3 Å². The molecule has 0 bridgehead atoms. The minimum atomic E-state index is 0.957. The molecule has 0 spiro atoms. The molecule has 0 aliphatic heterocycles. The molecule has 5 aromatic rings. The lowest BCUT2D eigenvalue weighted by Gasteiger charge is -2.08. The number of rotatable bonds is 3. The maximum Gasteiger partial charge on any atom is 0.0703 e. The summed E-state index contributed by atoms with van der Waals surface area (Å²) in [6, 6.07) is 29.9. The van der Waals surface area contributed by atoms with E-state index < -0.39 is 0 Å². The van der Waals surface area contributed by atoms with Gasteiger partial charge in [0.25, 0.3) is 0 Å². The second-order valence-corrected chi connectivity index (χ2v) is 7.73. The third-order valence-corrected chi connectivity index (χ3v) is 5.54. The van der Waals surface area contributed by atoms with Gasteiger partial charge in [-0.3, -0.25) is 9.97 Å². The number of pyridine rings is 2. The Morgan fingerprint density at radius 1 is 0.517 bits per heavy atom. The Morgan fingerprint density at radius 2 is 1.10 bits per heavy atom. The lowest BCUT2D eigenvalue weighted by atomic mass is 9.98. The number of aromatic nitrogens is 2. The minimum absolute atomic E-state index is 0.957. The van der Waals surface area contributed by atoms with Crippen LogP contribution in [0, 0.1) is 0 Å². The summed E-state index contributed by atoms with van der Waals surface area (Å²) < 4.78 is 0. The number of nitrogens with zero attached hydrogens (tertiary/aromatic N) is 2. The van der Waals surface area contributed by atoms with Crippen LogP contribution in [-0.2, 0) is 0 Å². The molecular weight excluding hydrogens is 371 g/mol. The second kappa shape index (κ2) is 7.58. The highest BCUT2D eigenvalue weighted by Crippen LogP contribution is 2.29. The first-order chi connectivity index (χ1) is 14.3. The van der Waals surface area contributed by atoms with Crippen molar-refractivity contribution >= 4 is 25.3 Å². The fraction of sp³-hybridized carbons (Fsp3) is 0. The van der Waals surface area contributed by atoms with Crippen LogP contribution in [0.15, 0.2) is 104 Å². The molecule has 0 saturated heterocycles. The van der Waals surface area contributed by atoms with Gasteiger partial charge in [0.2, 0.25) is 0 Å². The lowest BCUT2D eigenvalue weighted by molar-refractivity contribution is 1.29. The summed E-state index contributed by atoms with van der Waals surface area (Å²) in [5, 5.41) is 3.66. The normalized spacial score (nSPS) is 10.9. The first kappa shape index (κ1) is 17.7. The molecule has 0 aliphatic rings. The fourth-order valence-corrected chi connectivity index (χ4v) is 3.73. The van der Waals surface area contributed by atoms with Crippen molar-refractivity contribution in [3.63, 3.8) is 0 Å². The molecule has 3 aromatic carbocycles. The van der Waals surface area contributed by atoms with Gasteiger partial charge in [-0.15, -0.1) is 9.24 Å². The van der Waals surface area contributed by atoms with Gasteiger partial charge in [-0.1, -0.05) is 54.6 Å². The van der Waals surface area contributed by atoms with Crippen molar-refractivity contribution in [2.24, 2.45) is 0 Å². The van der Waals surface area contributed by atoms with Gasteiger partial charge in [-0.2, -0.15) is 0 Å². The van der Waals surface area contributed by atoms with Crippen LogP contribution in [0.1, 0.15) is 0 Å². The van der Waals surface area contributed by atoms with E-state index in [4.69, 9.17) is 0 Å². The summed E-state index contributed by atoms with van der Waals surface area (Å²) >= 11 is 0. The van der Waals surface area contributed by atoms with E-state index in [2.05, 4.69) is 92.0 Å². The predicted molar refractivity (Wildman–Crippen MR) is 125 cm³/mol. The quantitative estimate of drug-likeness (QED) is 0.346. The molecule has 5 rings (SSSR count). The maximum absolute atomic E-state index is 4.64. The second-order valence-electron chi connectivity index (χ2n) is 7.07. The van der Waals surface area contributed by atoms with Crippen molar-refractivity contribution in [3.8, 4) is 33.5 Å². The summed E-state index contributed by atoms with van der Waals surface area (Å²) in [5.41, 5.74) is 6.79. The van der Waals surface area contributed by atoms with Crippen molar-refractivity contribution in [1.82, 2.24) is 9.97 Å². The van der Waals surface area contributed by atoms with E-state index >= 15 is 0 Å². The van der Waals surface area contributed by atoms with Crippen LogP contribution in [0.2, 0.25) is 0 Å². The van der Waals surface area contributed by atoms with Gasteiger partial charge < -0.3 is 0 Å². The SMILES string of the molecule is Pc1ccc(-c2ccc3cc(-c4ccc(-c5ccncc5)nc4)ccc3c2)cc1. The Balaban J connectivity index is 1.47. The zero-order valence-corrected chi connectivity index (χ0v) is 16.9. The summed E-state index contributed by atoms with van der Waals surface area (Å²) in [6.07, 6.45) is 5.52. The van der Waals surface area contributed by atoms with Gasteiger partial charge in [0.1, 0.15) is 0 Å². The lowest BCUT2D eigenvalue weighted by Crippen LogP contribution is -1.88. The van der Waals surface area contributed by atoms with Gasteiger partial charge in [0, 0.05) is 29.7 Å². The molecule has 1 atom stereocenters. The number of fused-ring (bicyclic) bond motifs is 1. The van der Waals surface area contributed by atoms with Gasteiger partial charge in [-0.05, 0) is 63.1 Å². The third kappa shape index (κ3) is 3.68. The van der Waals surface area contributed by atoms with E-state index in [1.807, 2.05) is 18.3 Å². The van der Waals surface area contributed by atoms with Crippen molar-refractivity contribution in [2.75, 3.05) is 0 Å². The first-order valence-electron chi connectivity index (χ1n) is 9.53. The monoisotopic (exact) mass is 390 g/mol. The molecule has 2 nitrogen and oxygen atoms in total. The average molecular weight is 390 g/mol. The molecule has 3 heteroatoms. The molecule has 0 amide bonds. The van der Waals surface area contributed by atoms with Crippen molar-refractivity contribution < 1.29 is 0 Å². The molecule has 2 aromatic heterocycles. The van der Waals surface area contributed by atoms with E-state index in [1.165, 1.54) is 32.8 Å². The largest absolute Gasteiger partial charge is 0.265 e. The van der Waals surface area contributed by atoms with Crippen LogP contribution < -0.4 is 5.30 Å². The van der Waals surface area contributed by atoms with Crippen molar-refractivity contribution in [2.45, 2.75) is 0 Å². The highest BCUT2D eigenvalue weighted by atomic mass is 31.0. The van der Waals surface area contributed by atoms with Crippen LogP contribution >= 0.6 is 9.24 Å². The van der Waals surface area contributed by atoms with E-state index in [0.717, 1.165) is 16.8 Å². The Kier molecular flexibility index (Phi) is 4.63. The standard InChI is InChI=1S/C26H19N2P/c29-25-8-5-18(6-9-25)20-1-2-22-16-23(4-3-21(22)15-20)24-7-10-26(28-17-24)19-11-13-27-14-12-19/h1-17H,29H2. The Labute approximate surface area is 172 Å². The Hall–Kier alpha value is -3.35. The van der Waals surface area contributed by atoms with Crippen LogP contribution in [0.5, 0.6) is 0 Å². The van der Waals surface area contributed by atoms with Crippen LogP contribution in [0.4, 0.5) is 0 Å². The van der Waals surface area contributed by atoms with E-state index in [-0.39, 0.29) is 0 Å². The molecule has 2 heterocycles. The predicted octanol–water partition coefficient (Wildman–Crippen LogP) is 6.13. The van der Waals surface area contributed by atoms with Crippen LogP contribution in [-0.4, -0.2) is 9.97 Å². The minimum Gasteiger partial charge on any atom is -0.265 e. The highest BCUT2D eigenvalue weighted by molar-refractivity contribution is 7.27. The van der Waals surface area contributed by atoms with Crippen LogP contribution in [0.3, 0.4) is 0 Å². The van der Waals surface area contributed by atoms with Crippen molar-refractivity contribution in [1.29, 1.82) is 0 Å². The van der Waals surface area contributed by atoms with Gasteiger partial charge in [0.15, 0.2) is 0 Å². The smallest absolute Gasteiger partial charge is 0.0703 e. The number of hydrogen-bond donors (Lipinski definition) is 0. The summed E-state index contributed by atoms with van der Waals surface area (Å²) in [7, 11) is 2.73. The average Bonchev–Trinajstić information content (AvgIpc) is 2.80. The molecule has 0 saturated carbocycles. The highest BCUT2D eigenvalue weighted by Gasteiger charge is 2.05. The maximum atomic E-state index is 4.64. The molecule has 138 valence electrons. The van der Waals surface area contributed by atoms with E-state index in [9.17, 15) is 0 Å². The fourth-order valence-electron chi connectivity index (χ4n) is 3.54. The summed E-state index contributed by atoms with van der Waals surface area (Å²) in [5.74, 6) is 0. The molecular formula is C26H19N2P. The number of hydrogen-bond acceptors (Lipinski definition) is 2.